The van der Waals surface area contributed by atoms with Gasteiger partial charge in [-0.3, -0.25) is 9.58 Å². The molecule has 7 heteroatoms. The number of hydrogen-bond acceptors (Lipinski definition) is 6. The van der Waals surface area contributed by atoms with Gasteiger partial charge in [0.05, 0.1) is 12.4 Å². The molecule has 1 aliphatic heterocycles. The molecular formula is C15H21N5O2. The number of nitrogen functional groups attached to an aromatic ring is 1. The van der Waals surface area contributed by atoms with Crippen LogP contribution in [0.25, 0.3) is 0 Å². The van der Waals surface area contributed by atoms with Gasteiger partial charge in [-0.1, -0.05) is 6.07 Å². The third kappa shape index (κ3) is 3.20. The van der Waals surface area contributed by atoms with Crippen molar-refractivity contribution in [3.8, 4) is 5.75 Å². The van der Waals surface area contributed by atoms with Crippen LogP contribution in [-0.2, 0) is 13.1 Å². The molecule has 0 bridgehead atoms. The summed E-state index contributed by atoms with van der Waals surface area (Å²) in [6.07, 6.45) is 4.41. The number of β-amino-alcohol motifs (C(OH)–C–C–N with tert-alkyl or cyclic N) is 1. The number of rotatable bonds is 5. The topological polar surface area (TPSA) is 89.4 Å². The molecular weight excluding hydrogens is 282 g/mol. The molecule has 3 heterocycles. The van der Waals surface area contributed by atoms with Gasteiger partial charge in [0.1, 0.15) is 18.0 Å². The number of aliphatic hydroxyl groups is 1. The molecule has 2 aromatic heterocycles. The number of anilines is 1. The Balaban J connectivity index is 1.60. The van der Waals surface area contributed by atoms with Crippen LogP contribution in [0, 0.1) is 0 Å². The van der Waals surface area contributed by atoms with Gasteiger partial charge >= 0.3 is 0 Å². The third-order valence-electron chi connectivity index (χ3n) is 3.85. The second kappa shape index (κ2) is 6.33. The van der Waals surface area contributed by atoms with E-state index in [-0.39, 0.29) is 6.10 Å². The van der Waals surface area contributed by atoms with Gasteiger partial charge in [-0.25, -0.2) is 4.98 Å². The molecule has 1 aliphatic rings. The number of aryl methyl sites for hydroxylation is 1. The summed E-state index contributed by atoms with van der Waals surface area (Å²) in [4.78, 5) is 6.20. The van der Waals surface area contributed by atoms with Gasteiger partial charge in [-0.15, -0.1) is 0 Å². The van der Waals surface area contributed by atoms with Crippen LogP contribution < -0.4 is 10.5 Å². The molecule has 0 saturated carbocycles. The molecule has 2 aromatic rings. The van der Waals surface area contributed by atoms with Crippen LogP contribution >= 0.6 is 0 Å². The van der Waals surface area contributed by atoms with E-state index in [1.807, 2.05) is 25.3 Å². The number of likely N-dealkylation sites (tertiary alicyclic amines) is 1. The lowest BCUT2D eigenvalue weighted by Gasteiger charge is -2.16. The summed E-state index contributed by atoms with van der Waals surface area (Å²) < 4.78 is 7.64. The highest BCUT2D eigenvalue weighted by atomic mass is 16.5. The van der Waals surface area contributed by atoms with Crippen molar-refractivity contribution in [3.05, 3.63) is 36.3 Å². The molecule has 2 atom stereocenters. The van der Waals surface area contributed by atoms with Crippen LogP contribution in [-0.4, -0.2) is 50.1 Å². The second-order valence-corrected chi connectivity index (χ2v) is 5.50. The summed E-state index contributed by atoms with van der Waals surface area (Å²) in [5.41, 5.74) is 6.83. The van der Waals surface area contributed by atoms with Crippen molar-refractivity contribution in [1.29, 1.82) is 0 Å². The maximum absolute atomic E-state index is 10.2. The Hall–Kier alpha value is -2.12. The molecule has 3 rings (SSSR count). The molecule has 1 fully saturated rings. The average Bonchev–Trinajstić information content (AvgIpc) is 3.09. The Morgan fingerprint density at radius 2 is 2.32 bits per heavy atom. The molecule has 0 radical (unpaired) electrons. The number of aliphatic hydroxyl groups excluding tert-OH is 1. The zero-order valence-corrected chi connectivity index (χ0v) is 12.6. The number of aromatic nitrogens is 3. The molecule has 1 saturated heterocycles. The van der Waals surface area contributed by atoms with Gasteiger partial charge in [0.25, 0.3) is 0 Å². The van der Waals surface area contributed by atoms with Crippen LogP contribution in [0.15, 0.2) is 30.7 Å². The lowest BCUT2D eigenvalue weighted by molar-refractivity contribution is 0.0736. The van der Waals surface area contributed by atoms with Crippen molar-refractivity contribution in [2.45, 2.75) is 32.2 Å². The standard InChI is InChI=1S/C15H21N5O2/c1-2-20-8-12(6-18-20)22-14-10-19(9-13(14)21)7-11-4-3-5-17-15(11)16/h3-6,8,13-14,21H,2,7,9-10H2,1H3,(H2,16,17)/t13-,14-/m1/s1. The summed E-state index contributed by atoms with van der Waals surface area (Å²) in [5, 5.41) is 14.4. The summed E-state index contributed by atoms with van der Waals surface area (Å²) in [6, 6.07) is 3.82. The molecule has 0 aromatic carbocycles. The molecule has 22 heavy (non-hydrogen) atoms. The highest BCUT2D eigenvalue weighted by Crippen LogP contribution is 2.21. The van der Waals surface area contributed by atoms with Crippen molar-refractivity contribution in [2.24, 2.45) is 0 Å². The van der Waals surface area contributed by atoms with E-state index < -0.39 is 6.10 Å². The second-order valence-electron chi connectivity index (χ2n) is 5.50. The van der Waals surface area contributed by atoms with E-state index in [9.17, 15) is 5.11 Å². The first-order chi connectivity index (χ1) is 10.7. The highest BCUT2D eigenvalue weighted by Gasteiger charge is 2.33. The van der Waals surface area contributed by atoms with Gasteiger partial charge in [0, 0.05) is 37.9 Å². The van der Waals surface area contributed by atoms with E-state index in [1.54, 1.807) is 17.1 Å². The Kier molecular flexibility index (Phi) is 4.26. The van der Waals surface area contributed by atoms with Crippen molar-refractivity contribution in [1.82, 2.24) is 19.7 Å². The van der Waals surface area contributed by atoms with Gasteiger partial charge < -0.3 is 15.6 Å². The van der Waals surface area contributed by atoms with Gasteiger partial charge in [0.2, 0.25) is 0 Å². The Morgan fingerprint density at radius 3 is 3.05 bits per heavy atom. The Labute approximate surface area is 129 Å². The van der Waals surface area contributed by atoms with E-state index in [0.717, 1.165) is 12.1 Å². The van der Waals surface area contributed by atoms with Gasteiger partial charge in [-0.2, -0.15) is 5.10 Å². The number of nitrogens with zero attached hydrogens (tertiary/aromatic N) is 4. The smallest absolute Gasteiger partial charge is 0.157 e. The normalized spacial score (nSPS) is 22.1. The summed E-state index contributed by atoms with van der Waals surface area (Å²) in [5.74, 6) is 1.22. The highest BCUT2D eigenvalue weighted by molar-refractivity contribution is 5.38. The molecule has 0 unspecified atom stereocenters. The monoisotopic (exact) mass is 303 g/mol. The Bertz CT molecular complexity index is 630. The SMILES string of the molecule is CCn1cc(O[C@@H]2CN(Cc3cccnc3N)C[C@H]2O)cn1. The molecule has 0 amide bonds. The number of nitrogens with two attached hydrogens (primary N) is 1. The molecule has 0 aliphatic carbocycles. The van der Waals surface area contributed by atoms with E-state index in [4.69, 9.17) is 10.5 Å². The predicted octanol–water partition coefficient (Wildman–Crippen LogP) is 0.504. The van der Waals surface area contributed by atoms with Crippen molar-refractivity contribution >= 4 is 5.82 Å². The minimum absolute atomic E-state index is 0.257. The lowest BCUT2D eigenvalue weighted by Crippen LogP contribution is -2.29. The van der Waals surface area contributed by atoms with Gasteiger partial charge in [-0.05, 0) is 13.0 Å². The first kappa shape index (κ1) is 14.8. The van der Waals surface area contributed by atoms with Crippen LogP contribution in [0.1, 0.15) is 12.5 Å². The quantitative estimate of drug-likeness (QED) is 0.836. The fraction of sp³-hybridized carbons (Fsp3) is 0.467. The summed E-state index contributed by atoms with van der Waals surface area (Å²) in [6.45, 7) is 4.67. The largest absolute Gasteiger partial charge is 0.483 e. The van der Waals surface area contributed by atoms with E-state index in [1.165, 1.54) is 0 Å². The first-order valence-corrected chi connectivity index (χ1v) is 7.44. The third-order valence-corrected chi connectivity index (χ3v) is 3.85. The van der Waals surface area contributed by atoms with Gasteiger partial charge in [0.15, 0.2) is 5.75 Å². The summed E-state index contributed by atoms with van der Waals surface area (Å²) in [7, 11) is 0. The molecule has 0 spiro atoms. The minimum atomic E-state index is -0.525. The minimum Gasteiger partial charge on any atom is -0.483 e. The average molecular weight is 303 g/mol. The van der Waals surface area contributed by atoms with Crippen molar-refractivity contribution in [2.75, 3.05) is 18.8 Å². The Morgan fingerprint density at radius 1 is 1.45 bits per heavy atom. The predicted molar refractivity (Wildman–Crippen MR) is 82.3 cm³/mol. The maximum Gasteiger partial charge on any atom is 0.157 e. The number of ether oxygens (including phenoxy) is 1. The fourth-order valence-corrected chi connectivity index (χ4v) is 2.66. The zero-order valence-electron chi connectivity index (χ0n) is 12.6. The van der Waals surface area contributed by atoms with E-state index >= 15 is 0 Å². The fourth-order valence-electron chi connectivity index (χ4n) is 2.66. The van der Waals surface area contributed by atoms with Crippen molar-refractivity contribution in [3.63, 3.8) is 0 Å². The molecule has 7 nitrogen and oxygen atoms in total. The van der Waals surface area contributed by atoms with E-state index in [0.29, 0.717) is 31.2 Å². The zero-order chi connectivity index (χ0) is 15.5. The number of hydrogen-bond donors (Lipinski definition) is 2. The van der Waals surface area contributed by atoms with Crippen molar-refractivity contribution < 1.29 is 9.84 Å². The van der Waals surface area contributed by atoms with E-state index in [2.05, 4.69) is 15.0 Å². The molecule has 118 valence electrons. The maximum atomic E-state index is 10.2. The van der Waals surface area contributed by atoms with Crippen LogP contribution in [0.2, 0.25) is 0 Å². The van der Waals surface area contributed by atoms with Crippen LogP contribution in [0.4, 0.5) is 5.82 Å². The number of pyridine rings is 1. The lowest BCUT2D eigenvalue weighted by atomic mass is 10.2. The summed E-state index contributed by atoms with van der Waals surface area (Å²) >= 11 is 0. The first-order valence-electron chi connectivity index (χ1n) is 7.44. The van der Waals surface area contributed by atoms with Crippen LogP contribution in [0.3, 0.4) is 0 Å². The molecule has 3 N–H and O–H groups in total. The van der Waals surface area contributed by atoms with Crippen LogP contribution in [0.5, 0.6) is 5.75 Å².